The molecule has 1 aliphatic carbocycles. The summed E-state index contributed by atoms with van der Waals surface area (Å²) in [5, 5.41) is 3.17. The molecule has 3 aromatic rings. The van der Waals surface area contributed by atoms with Gasteiger partial charge in [0.25, 0.3) is 0 Å². The molecule has 3 aromatic carbocycles. The average molecular weight is 463 g/mol. The molecule has 1 amide bonds. The van der Waals surface area contributed by atoms with Crippen molar-refractivity contribution in [1.29, 1.82) is 0 Å². The standard InChI is InChI=1S/C27H30N2O3S/c30-27(29-26-12-6-10-23-9-4-5-11-25(23)26)18-15-22-13-16-24(17-14-22)33(31,32)28-20-19-21-7-2-1-3-8-21/h1-5,7-9,11,13-14,16-17,26,28H,6,10,12,15,18-20H2,(H,29,30)/t26-/m1/s1. The number of aryl methyl sites for hydroxylation is 2. The molecule has 0 fully saturated rings. The van der Waals surface area contributed by atoms with Gasteiger partial charge in [0.05, 0.1) is 10.9 Å². The number of benzene rings is 3. The number of hydrogen-bond acceptors (Lipinski definition) is 3. The molecular weight excluding hydrogens is 432 g/mol. The van der Waals surface area contributed by atoms with Crippen molar-refractivity contribution in [2.75, 3.05) is 6.54 Å². The van der Waals surface area contributed by atoms with E-state index in [0.29, 0.717) is 25.8 Å². The van der Waals surface area contributed by atoms with E-state index in [1.165, 1.54) is 11.1 Å². The number of sulfonamides is 1. The average Bonchev–Trinajstić information content (AvgIpc) is 2.84. The molecule has 0 unspecified atom stereocenters. The Morgan fingerprint density at radius 2 is 1.55 bits per heavy atom. The Labute approximate surface area is 196 Å². The van der Waals surface area contributed by atoms with Gasteiger partial charge in [0.15, 0.2) is 0 Å². The molecule has 6 heteroatoms. The van der Waals surface area contributed by atoms with Crippen LogP contribution in [0, 0.1) is 0 Å². The van der Waals surface area contributed by atoms with Crippen molar-refractivity contribution in [3.63, 3.8) is 0 Å². The fourth-order valence-corrected chi connectivity index (χ4v) is 5.35. The van der Waals surface area contributed by atoms with Crippen LogP contribution in [0.5, 0.6) is 0 Å². The van der Waals surface area contributed by atoms with Gasteiger partial charge in [-0.1, -0.05) is 66.7 Å². The lowest BCUT2D eigenvalue weighted by molar-refractivity contribution is -0.121. The summed E-state index contributed by atoms with van der Waals surface area (Å²) in [7, 11) is -3.56. The van der Waals surface area contributed by atoms with E-state index in [2.05, 4.69) is 22.2 Å². The number of nitrogens with one attached hydrogen (secondary N) is 2. The zero-order chi connectivity index (χ0) is 23.1. The van der Waals surface area contributed by atoms with Gasteiger partial charge in [-0.3, -0.25) is 4.79 Å². The SMILES string of the molecule is O=C(CCc1ccc(S(=O)(=O)NCCc2ccccc2)cc1)N[C@@H]1CCCc2ccccc21. The van der Waals surface area contributed by atoms with E-state index in [-0.39, 0.29) is 16.8 Å². The van der Waals surface area contributed by atoms with Crippen molar-refractivity contribution in [3.05, 3.63) is 101 Å². The second-order valence-corrected chi connectivity index (χ2v) is 10.3. The molecule has 1 aliphatic rings. The summed E-state index contributed by atoms with van der Waals surface area (Å²) < 4.78 is 27.7. The minimum atomic E-state index is -3.56. The molecule has 0 heterocycles. The highest BCUT2D eigenvalue weighted by Gasteiger charge is 2.21. The van der Waals surface area contributed by atoms with E-state index in [9.17, 15) is 13.2 Å². The number of fused-ring (bicyclic) bond motifs is 1. The summed E-state index contributed by atoms with van der Waals surface area (Å²) in [5.41, 5.74) is 4.58. The molecule has 1 atom stereocenters. The number of carbonyl (C=O) groups excluding carboxylic acids is 1. The minimum absolute atomic E-state index is 0.0241. The van der Waals surface area contributed by atoms with E-state index < -0.39 is 10.0 Å². The quantitative estimate of drug-likeness (QED) is 0.497. The van der Waals surface area contributed by atoms with E-state index in [1.54, 1.807) is 24.3 Å². The Morgan fingerprint density at radius 3 is 2.33 bits per heavy atom. The molecule has 33 heavy (non-hydrogen) atoms. The lowest BCUT2D eigenvalue weighted by Gasteiger charge is -2.26. The van der Waals surface area contributed by atoms with Gasteiger partial charge >= 0.3 is 0 Å². The van der Waals surface area contributed by atoms with Crippen LogP contribution in [0.3, 0.4) is 0 Å². The van der Waals surface area contributed by atoms with E-state index >= 15 is 0 Å². The summed E-state index contributed by atoms with van der Waals surface area (Å²) in [6.07, 6.45) is 4.70. The number of rotatable bonds is 9. The van der Waals surface area contributed by atoms with Gasteiger partial charge in [-0.15, -0.1) is 0 Å². The largest absolute Gasteiger partial charge is 0.349 e. The van der Waals surface area contributed by atoms with Gasteiger partial charge in [-0.05, 0) is 66.5 Å². The Kier molecular flexibility index (Phi) is 7.57. The number of carbonyl (C=O) groups is 1. The molecule has 0 aromatic heterocycles. The Hall–Kier alpha value is -2.96. The fraction of sp³-hybridized carbons (Fsp3) is 0.296. The topological polar surface area (TPSA) is 75.3 Å². The van der Waals surface area contributed by atoms with Gasteiger partial charge in [0.2, 0.25) is 15.9 Å². The normalized spacial score (nSPS) is 15.6. The van der Waals surface area contributed by atoms with E-state index in [4.69, 9.17) is 0 Å². The molecule has 0 saturated heterocycles. The first-order valence-electron chi connectivity index (χ1n) is 11.5. The van der Waals surface area contributed by atoms with Crippen molar-refractivity contribution in [1.82, 2.24) is 10.0 Å². The zero-order valence-electron chi connectivity index (χ0n) is 18.7. The third-order valence-electron chi connectivity index (χ3n) is 6.13. The molecule has 172 valence electrons. The van der Waals surface area contributed by atoms with Gasteiger partial charge in [-0.2, -0.15) is 0 Å². The van der Waals surface area contributed by atoms with Crippen LogP contribution in [0.4, 0.5) is 0 Å². The molecule has 0 aliphatic heterocycles. The number of hydrogen-bond donors (Lipinski definition) is 2. The van der Waals surface area contributed by atoms with Crippen molar-refractivity contribution < 1.29 is 13.2 Å². The molecular formula is C27H30N2O3S. The van der Waals surface area contributed by atoms with Crippen LogP contribution in [-0.4, -0.2) is 20.9 Å². The van der Waals surface area contributed by atoms with Gasteiger partial charge in [0, 0.05) is 13.0 Å². The smallest absolute Gasteiger partial charge is 0.240 e. The summed E-state index contributed by atoms with van der Waals surface area (Å²) >= 11 is 0. The van der Waals surface area contributed by atoms with Crippen molar-refractivity contribution in [2.45, 2.75) is 49.5 Å². The maximum Gasteiger partial charge on any atom is 0.240 e. The van der Waals surface area contributed by atoms with Crippen LogP contribution in [0.2, 0.25) is 0 Å². The summed E-state index contributed by atoms with van der Waals surface area (Å²) in [5.74, 6) is 0.0241. The maximum atomic E-state index is 12.5. The first-order valence-corrected chi connectivity index (χ1v) is 13.0. The molecule has 2 N–H and O–H groups in total. The zero-order valence-corrected chi connectivity index (χ0v) is 19.5. The predicted molar refractivity (Wildman–Crippen MR) is 130 cm³/mol. The Balaban J connectivity index is 1.26. The lowest BCUT2D eigenvalue weighted by Crippen LogP contribution is -2.31. The Bertz CT molecular complexity index is 1180. The molecule has 0 bridgehead atoms. The van der Waals surface area contributed by atoms with Crippen molar-refractivity contribution in [2.24, 2.45) is 0 Å². The van der Waals surface area contributed by atoms with Crippen LogP contribution < -0.4 is 10.0 Å². The second kappa shape index (κ2) is 10.8. The molecule has 0 radical (unpaired) electrons. The summed E-state index contributed by atoms with van der Waals surface area (Å²) in [4.78, 5) is 12.8. The van der Waals surface area contributed by atoms with Crippen LogP contribution in [-0.2, 0) is 34.1 Å². The van der Waals surface area contributed by atoms with Crippen LogP contribution in [0.25, 0.3) is 0 Å². The van der Waals surface area contributed by atoms with Crippen LogP contribution in [0.15, 0.2) is 83.8 Å². The predicted octanol–water partition coefficient (Wildman–Crippen LogP) is 4.33. The highest BCUT2D eigenvalue weighted by molar-refractivity contribution is 7.89. The van der Waals surface area contributed by atoms with Gasteiger partial charge in [0.1, 0.15) is 0 Å². The van der Waals surface area contributed by atoms with Crippen LogP contribution in [0.1, 0.15) is 47.6 Å². The van der Waals surface area contributed by atoms with Crippen molar-refractivity contribution in [3.8, 4) is 0 Å². The van der Waals surface area contributed by atoms with Gasteiger partial charge in [-0.25, -0.2) is 13.1 Å². The fourth-order valence-electron chi connectivity index (χ4n) is 4.32. The van der Waals surface area contributed by atoms with E-state index in [0.717, 1.165) is 30.4 Å². The second-order valence-electron chi connectivity index (χ2n) is 8.49. The number of amides is 1. The maximum absolute atomic E-state index is 12.5. The molecule has 0 spiro atoms. The van der Waals surface area contributed by atoms with E-state index in [1.807, 2.05) is 42.5 Å². The minimum Gasteiger partial charge on any atom is -0.349 e. The first kappa shape index (κ1) is 23.2. The monoisotopic (exact) mass is 462 g/mol. The summed E-state index contributed by atoms with van der Waals surface area (Å²) in [6, 6.07) is 25.0. The van der Waals surface area contributed by atoms with Crippen molar-refractivity contribution >= 4 is 15.9 Å². The van der Waals surface area contributed by atoms with Gasteiger partial charge < -0.3 is 5.32 Å². The molecule has 5 nitrogen and oxygen atoms in total. The highest BCUT2D eigenvalue weighted by atomic mass is 32.2. The Morgan fingerprint density at radius 1 is 0.848 bits per heavy atom. The highest BCUT2D eigenvalue weighted by Crippen LogP contribution is 2.29. The first-order chi connectivity index (χ1) is 16.0. The molecule has 0 saturated carbocycles. The van der Waals surface area contributed by atoms with Crippen LogP contribution >= 0.6 is 0 Å². The lowest BCUT2D eigenvalue weighted by atomic mass is 9.87. The summed E-state index contributed by atoms with van der Waals surface area (Å²) in [6.45, 7) is 0.346. The third-order valence-corrected chi connectivity index (χ3v) is 7.60. The third kappa shape index (κ3) is 6.30. The molecule has 4 rings (SSSR count).